The summed E-state index contributed by atoms with van der Waals surface area (Å²) >= 11 is 6.24. The van der Waals surface area contributed by atoms with Crippen molar-refractivity contribution >= 4 is 34.1 Å². The van der Waals surface area contributed by atoms with E-state index in [0.717, 1.165) is 22.4 Å². The Morgan fingerprint density at radius 2 is 1.71 bits per heavy atom. The predicted octanol–water partition coefficient (Wildman–Crippen LogP) is 6.23. The van der Waals surface area contributed by atoms with Gasteiger partial charge in [0, 0.05) is 28.6 Å². The number of amides is 1. The highest BCUT2D eigenvalue weighted by Crippen LogP contribution is 2.37. The van der Waals surface area contributed by atoms with Gasteiger partial charge in [-0.25, -0.2) is 4.98 Å². The van der Waals surface area contributed by atoms with Gasteiger partial charge in [0.1, 0.15) is 23.0 Å². The summed E-state index contributed by atoms with van der Waals surface area (Å²) < 4.78 is 21.9. The van der Waals surface area contributed by atoms with Gasteiger partial charge in [-0.2, -0.15) is 0 Å². The Hall–Kier alpha value is -3.97. The fourth-order valence-corrected chi connectivity index (χ4v) is 3.93. The van der Waals surface area contributed by atoms with Crippen molar-refractivity contribution in [3.63, 3.8) is 0 Å². The van der Waals surface area contributed by atoms with Gasteiger partial charge in [-0.1, -0.05) is 23.7 Å². The van der Waals surface area contributed by atoms with Crippen LogP contribution in [0.15, 0.2) is 60.7 Å². The molecule has 0 bridgehead atoms. The smallest absolute Gasteiger partial charge is 0.255 e. The SMILES string of the molecule is CCOc1cc(-c2cccc(OC)c2)nc2ccc(C(=O)Nc3cc(Cl)c(OC)cc3OC)cc12. The van der Waals surface area contributed by atoms with E-state index in [4.69, 9.17) is 35.5 Å². The third-order valence-electron chi connectivity index (χ3n) is 5.42. The molecule has 8 heteroatoms. The molecule has 35 heavy (non-hydrogen) atoms. The lowest BCUT2D eigenvalue weighted by Gasteiger charge is -2.14. The van der Waals surface area contributed by atoms with E-state index in [1.54, 1.807) is 37.4 Å². The Labute approximate surface area is 208 Å². The minimum atomic E-state index is -0.328. The van der Waals surface area contributed by atoms with Crippen LogP contribution >= 0.6 is 11.6 Å². The fraction of sp³-hybridized carbons (Fsp3) is 0.185. The molecule has 1 heterocycles. The molecular formula is C27H25ClN2O5. The van der Waals surface area contributed by atoms with Crippen molar-refractivity contribution in [3.05, 3.63) is 71.2 Å². The van der Waals surface area contributed by atoms with Crippen LogP contribution in [0.2, 0.25) is 5.02 Å². The van der Waals surface area contributed by atoms with Crippen LogP contribution in [0, 0.1) is 0 Å². The third kappa shape index (κ3) is 5.10. The Kier molecular flexibility index (Phi) is 7.27. The lowest BCUT2D eigenvalue weighted by Crippen LogP contribution is -2.13. The van der Waals surface area contributed by atoms with Crippen molar-refractivity contribution in [2.45, 2.75) is 6.92 Å². The number of fused-ring (bicyclic) bond motifs is 1. The van der Waals surface area contributed by atoms with Crippen LogP contribution in [0.1, 0.15) is 17.3 Å². The molecule has 0 aliphatic heterocycles. The largest absolute Gasteiger partial charge is 0.497 e. The number of aromatic nitrogens is 1. The number of hydrogen-bond acceptors (Lipinski definition) is 6. The molecule has 1 amide bonds. The summed E-state index contributed by atoms with van der Waals surface area (Å²) in [6.45, 7) is 2.38. The molecule has 4 aromatic rings. The summed E-state index contributed by atoms with van der Waals surface area (Å²) in [7, 11) is 4.65. The second kappa shape index (κ2) is 10.5. The molecule has 0 spiro atoms. The first-order chi connectivity index (χ1) is 17.0. The zero-order valence-corrected chi connectivity index (χ0v) is 20.6. The number of benzene rings is 3. The molecule has 0 fully saturated rings. The maximum atomic E-state index is 13.1. The van der Waals surface area contributed by atoms with Crippen molar-refractivity contribution in [2.75, 3.05) is 33.3 Å². The lowest BCUT2D eigenvalue weighted by molar-refractivity contribution is 0.102. The minimum Gasteiger partial charge on any atom is -0.497 e. The van der Waals surface area contributed by atoms with Gasteiger partial charge in [0.05, 0.1) is 49.9 Å². The number of halogens is 1. The van der Waals surface area contributed by atoms with Crippen LogP contribution in [0.5, 0.6) is 23.0 Å². The van der Waals surface area contributed by atoms with Crippen LogP contribution in [0.4, 0.5) is 5.69 Å². The van der Waals surface area contributed by atoms with Crippen LogP contribution in [-0.2, 0) is 0 Å². The number of nitrogens with zero attached hydrogens (tertiary/aromatic N) is 1. The molecule has 3 aromatic carbocycles. The molecule has 0 radical (unpaired) electrons. The highest BCUT2D eigenvalue weighted by atomic mass is 35.5. The van der Waals surface area contributed by atoms with E-state index in [1.165, 1.54) is 14.2 Å². The standard InChI is InChI=1S/C27H25ClN2O5/c1-5-35-24-14-22(16-7-6-8-18(11-16)32-2)29-21-10-9-17(12-19(21)24)27(31)30-23-13-20(28)25(33-3)15-26(23)34-4/h6-15H,5H2,1-4H3,(H,30,31). The number of ether oxygens (including phenoxy) is 4. The second-order valence-corrected chi connectivity index (χ2v) is 7.95. The van der Waals surface area contributed by atoms with Gasteiger partial charge in [0.2, 0.25) is 0 Å². The molecule has 180 valence electrons. The summed E-state index contributed by atoms with van der Waals surface area (Å²) in [5.74, 6) is 1.93. The number of carbonyl (C=O) groups is 1. The van der Waals surface area contributed by atoms with Gasteiger partial charge in [-0.15, -0.1) is 0 Å². The topological polar surface area (TPSA) is 78.9 Å². The van der Waals surface area contributed by atoms with Gasteiger partial charge >= 0.3 is 0 Å². The average molecular weight is 493 g/mol. The Balaban J connectivity index is 1.71. The molecule has 1 N–H and O–H groups in total. The zero-order chi connectivity index (χ0) is 24.9. The van der Waals surface area contributed by atoms with Crippen molar-refractivity contribution in [1.29, 1.82) is 0 Å². The highest BCUT2D eigenvalue weighted by molar-refractivity contribution is 6.32. The number of nitrogens with one attached hydrogen (secondary N) is 1. The summed E-state index contributed by atoms with van der Waals surface area (Å²) in [6.07, 6.45) is 0. The molecule has 0 unspecified atom stereocenters. The van der Waals surface area contributed by atoms with E-state index in [2.05, 4.69) is 5.32 Å². The maximum absolute atomic E-state index is 13.1. The summed E-state index contributed by atoms with van der Waals surface area (Å²) in [6, 6.07) is 18.0. The first kappa shape index (κ1) is 24.2. The number of anilines is 1. The second-order valence-electron chi connectivity index (χ2n) is 7.54. The highest BCUT2D eigenvalue weighted by Gasteiger charge is 2.16. The van der Waals surface area contributed by atoms with E-state index < -0.39 is 0 Å². The quantitative estimate of drug-likeness (QED) is 0.314. The van der Waals surface area contributed by atoms with Crippen molar-refractivity contribution in [2.24, 2.45) is 0 Å². The minimum absolute atomic E-state index is 0.328. The Bertz CT molecular complexity index is 1390. The van der Waals surface area contributed by atoms with E-state index in [-0.39, 0.29) is 5.91 Å². The number of rotatable bonds is 8. The summed E-state index contributed by atoms with van der Waals surface area (Å²) in [4.78, 5) is 17.9. The fourth-order valence-electron chi connectivity index (χ4n) is 3.69. The normalized spacial score (nSPS) is 10.7. The predicted molar refractivity (Wildman–Crippen MR) is 137 cm³/mol. The van der Waals surface area contributed by atoms with E-state index >= 15 is 0 Å². The average Bonchev–Trinajstić information content (AvgIpc) is 2.88. The molecule has 0 saturated carbocycles. The van der Waals surface area contributed by atoms with Crippen molar-refractivity contribution in [1.82, 2.24) is 4.98 Å². The van der Waals surface area contributed by atoms with Crippen LogP contribution in [-0.4, -0.2) is 38.8 Å². The van der Waals surface area contributed by atoms with Crippen molar-refractivity contribution in [3.8, 4) is 34.3 Å². The number of carbonyl (C=O) groups excluding carboxylic acids is 1. The van der Waals surface area contributed by atoms with E-state index in [1.807, 2.05) is 37.3 Å². The lowest BCUT2D eigenvalue weighted by atomic mass is 10.1. The van der Waals surface area contributed by atoms with Crippen LogP contribution in [0.25, 0.3) is 22.2 Å². The molecule has 0 saturated heterocycles. The summed E-state index contributed by atoms with van der Waals surface area (Å²) in [5.41, 5.74) is 3.21. The molecule has 1 aromatic heterocycles. The Morgan fingerprint density at radius 3 is 2.43 bits per heavy atom. The molecule has 0 aliphatic carbocycles. The Morgan fingerprint density at radius 1 is 0.914 bits per heavy atom. The number of methoxy groups -OCH3 is 3. The molecule has 7 nitrogen and oxygen atoms in total. The van der Waals surface area contributed by atoms with E-state index in [0.29, 0.717) is 45.6 Å². The van der Waals surface area contributed by atoms with E-state index in [9.17, 15) is 4.79 Å². The molecule has 0 aliphatic rings. The first-order valence-electron chi connectivity index (χ1n) is 10.9. The first-order valence-corrected chi connectivity index (χ1v) is 11.3. The number of hydrogen-bond donors (Lipinski definition) is 1. The van der Waals surface area contributed by atoms with Gasteiger partial charge in [0.15, 0.2) is 0 Å². The van der Waals surface area contributed by atoms with Crippen LogP contribution < -0.4 is 24.3 Å². The van der Waals surface area contributed by atoms with Gasteiger partial charge < -0.3 is 24.3 Å². The molecular weight excluding hydrogens is 468 g/mol. The molecule has 4 rings (SSSR count). The van der Waals surface area contributed by atoms with Gasteiger partial charge in [-0.05, 0) is 43.3 Å². The number of pyridine rings is 1. The maximum Gasteiger partial charge on any atom is 0.255 e. The summed E-state index contributed by atoms with van der Waals surface area (Å²) in [5, 5.41) is 3.94. The molecule has 0 atom stereocenters. The third-order valence-corrected chi connectivity index (χ3v) is 5.72. The monoisotopic (exact) mass is 492 g/mol. The van der Waals surface area contributed by atoms with Gasteiger partial charge in [-0.3, -0.25) is 4.79 Å². The van der Waals surface area contributed by atoms with Gasteiger partial charge in [0.25, 0.3) is 5.91 Å². The van der Waals surface area contributed by atoms with Crippen molar-refractivity contribution < 1.29 is 23.7 Å². The van der Waals surface area contributed by atoms with Crippen LogP contribution in [0.3, 0.4) is 0 Å². The zero-order valence-electron chi connectivity index (χ0n) is 19.8.